The van der Waals surface area contributed by atoms with E-state index < -0.39 is 0 Å². The Balaban J connectivity index is 2.13. The molecule has 0 bridgehead atoms. The van der Waals surface area contributed by atoms with Crippen LogP contribution in [0.25, 0.3) is 0 Å². The molecule has 0 aliphatic carbocycles. The minimum atomic E-state index is 0.513. The molecule has 98 valence electrons. The number of hydrogen-bond donors (Lipinski definition) is 0. The first kappa shape index (κ1) is 12.6. The summed E-state index contributed by atoms with van der Waals surface area (Å²) in [5.41, 5.74) is 5.22. The molecule has 1 heterocycles. The predicted octanol–water partition coefficient (Wildman–Crippen LogP) is 4.90. The van der Waals surface area contributed by atoms with Gasteiger partial charge in [0.1, 0.15) is 0 Å². The molecule has 19 heavy (non-hydrogen) atoms. The number of alkyl halides is 1. The van der Waals surface area contributed by atoms with E-state index in [0.29, 0.717) is 11.9 Å². The Hall–Kier alpha value is -1.47. The van der Waals surface area contributed by atoms with Gasteiger partial charge < -0.3 is 4.90 Å². The van der Waals surface area contributed by atoms with Gasteiger partial charge in [-0.15, -0.1) is 11.6 Å². The zero-order chi connectivity index (χ0) is 13.2. The number of halogens is 1. The van der Waals surface area contributed by atoms with Crippen molar-refractivity contribution in [1.29, 1.82) is 0 Å². The van der Waals surface area contributed by atoms with E-state index in [1.165, 1.54) is 28.9 Å². The first-order valence-electron chi connectivity index (χ1n) is 6.82. The maximum atomic E-state index is 6.10. The van der Waals surface area contributed by atoms with Gasteiger partial charge in [0.05, 0.1) is 0 Å². The summed E-state index contributed by atoms with van der Waals surface area (Å²) in [4.78, 5) is 2.44. The summed E-state index contributed by atoms with van der Waals surface area (Å²) in [7, 11) is 0. The molecule has 1 aliphatic rings. The zero-order valence-electron chi connectivity index (χ0n) is 11.1. The molecule has 1 aliphatic heterocycles. The second-order valence-corrected chi connectivity index (χ2v) is 5.42. The van der Waals surface area contributed by atoms with E-state index in [0.717, 1.165) is 6.42 Å². The van der Waals surface area contributed by atoms with Crippen LogP contribution in [0.5, 0.6) is 0 Å². The normalized spacial score (nSPS) is 18.2. The lowest BCUT2D eigenvalue weighted by molar-refractivity contribution is 0.617. The second-order valence-electron chi connectivity index (χ2n) is 5.15. The van der Waals surface area contributed by atoms with Gasteiger partial charge in [0.25, 0.3) is 0 Å². The van der Waals surface area contributed by atoms with Gasteiger partial charge in [0, 0.05) is 23.3 Å². The van der Waals surface area contributed by atoms with Gasteiger partial charge in [-0.3, -0.25) is 0 Å². The SMILES string of the molecule is CC1CCc2ccccc2N1c1ccccc1CCl. The van der Waals surface area contributed by atoms with Crippen LogP contribution in [0.4, 0.5) is 11.4 Å². The Morgan fingerprint density at radius 2 is 1.74 bits per heavy atom. The topological polar surface area (TPSA) is 3.24 Å². The lowest BCUT2D eigenvalue weighted by atomic mass is 9.95. The summed E-state index contributed by atoms with van der Waals surface area (Å²) in [5, 5.41) is 0. The summed E-state index contributed by atoms with van der Waals surface area (Å²) in [5.74, 6) is 0.557. The number of benzene rings is 2. The molecule has 2 heteroatoms. The third-order valence-electron chi connectivity index (χ3n) is 3.92. The predicted molar refractivity (Wildman–Crippen MR) is 82.4 cm³/mol. The van der Waals surface area contributed by atoms with Crippen LogP contribution >= 0.6 is 11.6 Å². The summed E-state index contributed by atoms with van der Waals surface area (Å²) in [6.07, 6.45) is 2.35. The van der Waals surface area contributed by atoms with Gasteiger partial charge in [-0.2, -0.15) is 0 Å². The Bertz CT molecular complexity index is 579. The monoisotopic (exact) mass is 271 g/mol. The Kier molecular flexibility index (Phi) is 3.48. The summed E-state index contributed by atoms with van der Waals surface area (Å²) < 4.78 is 0. The van der Waals surface area contributed by atoms with E-state index in [4.69, 9.17) is 11.6 Å². The summed E-state index contributed by atoms with van der Waals surface area (Å²) in [6, 6.07) is 17.7. The van der Waals surface area contributed by atoms with Crippen molar-refractivity contribution < 1.29 is 0 Å². The van der Waals surface area contributed by atoms with Gasteiger partial charge in [0.15, 0.2) is 0 Å². The number of anilines is 2. The molecule has 0 fully saturated rings. The van der Waals surface area contributed by atoms with Crippen molar-refractivity contribution in [3.8, 4) is 0 Å². The van der Waals surface area contributed by atoms with Crippen LogP contribution in [0.2, 0.25) is 0 Å². The molecule has 0 aromatic heterocycles. The molecule has 2 aromatic carbocycles. The van der Waals surface area contributed by atoms with Crippen LogP contribution in [0.1, 0.15) is 24.5 Å². The number of rotatable bonds is 2. The largest absolute Gasteiger partial charge is 0.338 e. The highest BCUT2D eigenvalue weighted by Gasteiger charge is 2.25. The lowest BCUT2D eigenvalue weighted by Gasteiger charge is -2.38. The summed E-state index contributed by atoms with van der Waals surface area (Å²) >= 11 is 6.10. The fourth-order valence-corrected chi connectivity index (χ4v) is 3.14. The van der Waals surface area contributed by atoms with Gasteiger partial charge in [-0.25, -0.2) is 0 Å². The van der Waals surface area contributed by atoms with Crippen LogP contribution < -0.4 is 4.90 Å². The second kappa shape index (κ2) is 5.26. The highest BCUT2D eigenvalue weighted by molar-refractivity contribution is 6.17. The standard InChI is InChI=1S/C17H18ClN/c1-13-10-11-14-6-2-4-8-16(14)19(13)17-9-5-3-7-15(17)12-18/h2-9,13H,10-12H2,1H3. The zero-order valence-corrected chi connectivity index (χ0v) is 11.9. The molecule has 0 saturated heterocycles. The molecule has 0 radical (unpaired) electrons. The molecule has 2 aromatic rings. The van der Waals surface area contributed by atoms with E-state index >= 15 is 0 Å². The first-order chi connectivity index (χ1) is 9.31. The van der Waals surface area contributed by atoms with Gasteiger partial charge >= 0.3 is 0 Å². The van der Waals surface area contributed by atoms with Gasteiger partial charge in [0.2, 0.25) is 0 Å². The Morgan fingerprint density at radius 1 is 1.05 bits per heavy atom. The molecular weight excluding hydrogens is 254 g/mol. The molecule has 0 amide bonds. The molecular formula is C17H18ClN. The minimum Gasteiger partial charge on any atom is -0.338 e. The highest BCUT2D eigenvalue weighted by atomic mass is 35.5. The summed E-state index contributed by atoms with van der Waals surface area (Å²) in [6.45, 7) is 2.29. The quantitative estimate of drug-likeness (QED) is 0.703. The van der Waals surface area contributed by atoms with Crippen LogP contribution in [-0.2, 0) is 12.3 Å². The maximum absolute atomic E-state index is 6.10. The number of nitrogens with zero attached hydrogens (tertiary/aromatic N) is 1. The third kappa shape index (κ3) is 2.23. The molecule has 1 nitrogen and oxygen atoms in total. The fourth-order valence-electron chi connectivity index (χ4n) is 2.91. The van der Waals surface area contributed by atoms with Crippen molar-refractivity contribution in [2.45, 2.75) is 31.7 Å². The van der Waals surface area contributed by atoms with Crippen molar-refractivity contribution in [2.24, 2.45) is 0 Å². The number of hydrogen-bond acceptors (Lipinski definition) is 1. The first-order valence-corrected chi connectivity index (χ1v) is 7.35. The molecule has 0 spiro atoms. The Labute approximate surface area is 119 Å². The van der Waals surface area contributed by atoms with E-state index in [9.17, 15) is 0 Å². The molecule has 0 saturated carbocycles. The smallest absolute Gasteiger partial charge is 0.0494 e. The average Bonchev–Trinajstić information content (AvgIpc) is 2.47. The molecule has 1 atom stereocenters. The van der Waals surface area contributed by atoms with Crippen molar-refractivity contribution in [2.75, 3.05) is 4.90 Å². The molecule has 0 N–H and O–H groups in total. The van der Waals surface area contributed by atoms with Crippen LogP contribution in [0.15, 0.2) is 48.5 Å². The number of para-hydroxylation sites is 2. The Morgan fingerprint density at radius 3 is 2.53 bits per heavy atom. The highest BCUT2D eigenvalue weighted by Crippen LogP contribution is 2.38. The van der Waals surface area contributed by atoms with Gasteiger partial charge in [-0.05, 0) is 43.0 Å². The lowest BCUT2D eigenvalue weighted by Crippen LogP contribution is -2.33. The van der Waals surface area contributed by atoms with Crippen LogP contribution in [0, 0.1) is 0 Å². The van der Waals surface area contributed by atoms with E-state index in [2.05, 4.69) is 60.4 Å². The van der Waals surface area contributed by atoms with Crippen molar-refractivity contribution in [3.63, 3.8) is 0 Å². The van der Waals surface area contributed by atoms with Crippen LogP contribution in [0.3, 0.4) is 0 Å². The molecule has 3 rings (SSSR count). The maximum Gasteiger partial charge on any atom is 0.0494 e. The van der Waals surface area contributed by atoms with Crippen molar-refractivity contribution in [1.82, 2.24) is 0 Å². The van der Waals surface area contributed by atoms with Crippen molar-refractivity contribution >= 4 is 23.0 Å². The third-order valence-corrected chi connectivity index (χ3v) is 4.21. The van der Waals surface area contributed by atoms with Gasteiger partial charge in [-0.1, -0.05) is 36.4 Å². The number of fused-ring (bicyclic) bond motifs is 1. The average molecular weight is 272 g/mol. The molecule has 1 unspecified atom stereocenters. The number of aryl methyl sites for hydroxylation is 1. The van der Waals surface area contributed by atoms with Crippen molar-refractivity contribution in [3.05, 3.63) is 59.7 Å². The van der Waals surface area contributed by atoms with E-state index in [1.54, 1.807) is 0 Å². The van der Waals surface area contributed by atoms with Crippen LogP contribution in [-0.4, -0.2) is 6.04 Å². The van der Waals surface area contributed by atoms with E-state index in [1.807, 2.05) is 0 Å². The minimum absolute atomic E-state index is 0.513. The van der Waals surface area contributed by atoms with E-state index in [-0.39, 0.29) is 0 Å². The fraction of sp³-hybridized carbons (Fsp3) is 0.294.